The molecule has 3 nitrogen and oxygen atoms in total. The van der Waals surface area contributed by atoms with Crippen LogP contribution >= 0.6 is 11.6 Å². The SMILES string of the molecule is CC(CNc1ccnc2cc(Cl)ccc12)N1CCCCC1. The maximum Gasteiger partial charge on any atom is 0.0737 e. The largest absolute Gasteiger partial charge is 0.383 e. The number of likely N-dealkylation sites (tertiary alicyclic amines) is 1. The van der Waals surface area contributed by atoms with E-state index in [9.17, 15) is 0 Å². The van der Waals surface area contributed by atoms with Gasteiger partial charge in [0, 0.05) is 34.9 Å². The number of pyridine rings is 1. The standard InChI is InChI=1S/C17H22ClN3/c1-13(21-9-3-2-4-10-21)12-20-16-7-8-19-17-11-14(18)5-6-15(16)17/h5-8,11,13H,2-4,9-10,12H2,1H3,(H,19,20). The zero-order valence-corrected chi connectivity index (χ0v) is 13.2. The summed E-state index contributed by atoms with van der Waals surface area (Å²) in [5.74, 6) is 0. The first-order chi connectivity index (χ1) is 10.2. The Morgan fingerprint density at radius 3 is 2.86 bits per heavy atom. The van der Waals surface area contributed by atoms with Gasteiger partial charge < -0.3 is 5.32 Å². The van der Waals surface area contributed by atoms with Crippen LogP contribution in [-0.2, 0) is 0 Å². The Bertz CT molecular complexity index is 608. The number of hydrogen-bond donors (Lipinski definition) is 1. The second kappa shape index (κ2) is 6.63. The second-order valence-corrected chi connectivity index (χ2v) is 6.28. The lowest BCUT2D eigenvalue weighted by Crippen LogP contribution is -2.41. The van der Waals surface area contributed by atoms with Crippen molar-refractivity contribution < 1.29 is 0 Å². The normalized spacial score (nSPS) is 17.8. The highest BCUT2D eigenvalue weighted by Crippen LogP contribution is 2.24. The average Bonchev–Trinajstić information content (AvgIpc) is 2.53. The Hall–Kier alpha value is -1.32. The number of halogens is 1. The van der Waals surface area contributed by atoms with Gasteiger partial charge in [-0.05, 0) is 57.1 Å². The summed E-state index contributed by atoms with van der Waals surface area (Å²) in [4.78, 5) is 6.96. The number of fused-ring (bicyclic) bond motifs is 1. The molecule has 1 aliphatic rings. The van der Waals surface area contributed by atoms with Crippen molar-refractivity contribution >= 4 is 28.2 Å². The zero-order chi connectivity index (χ0) is 14.7. The van der Waals surface area contributed by atoms with Crippen molar-refractivity contribution in [3.05, 3.63) is 35.5 Å². The smallest absolute Gasteiger partial charge is 0.0737 e. The van der Waals surface area contributed by atoms with Crippen LogP contribution in [0.1, 0.15) is 26.2 Å². The Kier molecular flexibility index (Phi) is 4.61. The predicted molar refractivity (Wildman–Crippen MR) is 90.1 cm³/mol. The molecule has 3 rings (SSSR count). The van der Waals surface area contributed by atoms with Gasteiger partial charge in [-0.25, -0.2) is 0 Å². The van der Waals surface area contributed by atoms with Gasteiger partial charge in [0.25, 0.3) is 0 Å². The lowest BCUT2D eigenvalue weighted by Gasteiger charge is -2.32. The molecule has 0 bridgehead atoms. The molecular formula is C17H22ClN3. The van der Waals surface area contributed by atoms with Crippen LogP contribution in [0, 0.1) is 0 Å². The van der Waals surface area contributed by atoms with Gasteiger partial charge in [-0.1, -0.05) is 18.0 Å². The number of nitrogens with zero attached hydrogens (tertiary/aromatic N) is 2. The summed E-state index contributed by atoms with van der Waals surface area (Å²) in [6, 6.07) is 8.47. The first-order valence-corrected chi connectivity index (χ1v) is 8.14. The van der Waals surface area contributed by atoms with E-state index in [0.29, 0.717) is 6.04 Å². The Balaban J connectivity index is 1.70. The quantitative estimate of drug-likeness (QED) is 0.918. The highest BCUT2D eigenvalue weighted by molar-refractivity contribution is 6.31. The van der Waals surface area contributed by atoms with Crippen LogP contribution in [0.25, 0.3) is 10.9 Å². The number of benzene rings is 1. The summed E-state index contributed by atoms with van der Waals surface area (Å²) < 4.78 is 0. The number of nitrogens with one attached hydrogen (secondary N) is 1. The van der Waals surface area contributed by atoms with E-state index in [1.165, 1.54) is 32.4 Å². The molecule has 2 heterocycles. The van der Waals surface area contributed by atoms with Gasteiger partial charge in [0.1, 0.15) is 0 Å². The fourth-order valence-electron chi connectivity index (χ4n) is 3.02. The highest BCUT2D eigenvalue weighted by Gasteiger charge is 2.16. The first kappa shape index (κ1) is 14.6. The molecule has 1 aromatic heterocycles. The van der Waals surface area contributed by atoms with Crippen molar-refractivity contribution in [3.8, 4) is 0 Å². The number of anilines is 1. The third kappa shape index (κ3) is 3.47. The van der Waals surface area contributed by atoms with E-state index in [2.05, 4.69) is 22.1 Å². The third-order valence-corrected chi connectivity index (χ3v) is 4.54. The maximum atomic E-state index is 6.03. The van der Waals surface area contributed by atoms with Crippen molar-refractivity contribution in [3.63, 3.8) is 0 Å². The van der Waals surface area contributed by atoms with E-state index in [4.69, 9.17) is 11.6 Å². The third-order valence-electron chi connectivity index (χ3n) is 4.31. The van der Waals surface area contributed by atoms with Gasteiger partial charge in [-0.3, -0.25) is 9.88 Å². The van der Waals surface area contributed by atoms with Crippen molar-refractivity contribution in [2.45, 2.75) is 32.2 Å². The molecule has 1 N–H and O–H groups in total. The first-order valence-electron chi connectivity index (χ1n) is 7.76. The highest BCUT2D eigenvalue weighted by atomic mass is 35.5. The number of hydrogen-bond acceptors (Lipinski definition) is 3. The van der Waals surface area contributed by atoms with E-state index in [0.717, 1.165) is 28.2 Å². The van der Waals surface area contributed by atoms with Gasteiger partial charge in [-0.15, -0.1) is 0 Å². The molecule has 1 saturated heterocycles. The Morgan fingerprint density at radius 2 is 2.05 bits per heavy atom. The fraction of sp³-hybridized carbons (Fsp3) is 0.471. The van der Waals surface area contributed by atoms with Gasteiger partial charge >= 0.3 is 0 Å². The second-order valence-electron chi connectivity index (χ2n) is 5.85. The van der Waals surface area contributed by atoms with Crippen LogP contribution in [0.4, 0.5) is 5.69 Å². The molecule has 0 aliphatic carbocycles. The van der Waals surface area contributed by atoms with Gasteiger partial charge in [-0.2, -0.15) is 0 Å². The topological polar surface area (TPSA) is 28.2 Å². The summed E-state index contributed by atoms with van der Waals surface area (Å²) in [5, 5.41) is 5.44. The molecule has 0 radical (unpaired) electrons. The number of rotatable bonds is 4. The summed E-state index contributed by atoms with van der Waals surface area (Å²) >= 11 is 6.03. The molecule has 21 heavy (non-hydrogen) atoms. The zero-order valence-electron chi connectivity index (χ0n) is 12.5. The van der Waals surface area contributed by atoms with E-state index in [1.807, 2.05) is 30.5 Å². The molecule has 0 saturated carbocycles. The molecular weight excluding hydrogens is 282 g/mol. The van der Waals surface area contributed by atoms with Crippen LogP contribution in [0.15, 0.2) is 30.5 Å². The van der Waals surface area contributed by atoms with Crippen molar-refractivity contribution in [1.82, 2.24) is 9.88 Å². The monoisotopic (exact) mass is 303 g/mol. The van der Waals surface area contributed by atoms with Crippen LogP contribution in [0.2, 0.25) is 5.02 Å². The minimum Gasteiger partial charge on any atom is -0.383 e. The molecule has 1 fully saturated rings. The van der Waals surface area contributed by atoms with Crippen LogP contribution in [0.5, 0.6) is 0 Å². The fourth-order valence-corrected chi connectivity index (χ4v) is 3.19. The molecule has 1 atom stereocenters. The number of piperidine rings is 1. The minimum absolute atomic E-state index is 0.556. The van der Waals surface area contributed by atoms with Crippen molar-refractivity contribution in [2.75, 3.05) is 25.0 Å². The summed E-state index contributed by atoms with van der Waals surface area (Å²) in [6.45, 7) is 5.73. The van der Waals surface area contributed by atoms with Crippen LogP contribution in [0.3, 0.4) is 0 Å². The minimum atomic E-state index is 0.556. The van der Waals surface area contributed by atoms with Crippen LogP contribution in [-0.4, -0.2) is 35.6 Å². The van der Waals surface area contributed by atoms with E-state index >= 15 is 0 Å². The Labute approximate surface area is 131 Å². The molecule has 2 aromatic rings. The van der Waals surface area contributed by atoms with E-state index in [1.54, 1.807) is 0 Å². The lowest BCUT2D eigenvalue weighted by molar-refractivity contribution is 0.180. The van der Waals surface area contributed by atoms with Crippen molar-refractivity contribution in [1.29, 1.82) is 0 Å². The molecule has 0 spiro atoms. The molecule has 1 aliphatic heterocycles. The number of aromatic nitrogens is 1. The van der Waals surface area contributed by atoms with Crippen molar-refractivity contribution in [2.24, 2.45) is 0 Å². The maximum absolute atomic E-state index is 6.03. The summed E-state index contributed by atoms with van der Waals surface area (Å²) in [5.41, 5.74) is 2.08. The van der Waals surface area contributed by atoms with E-state index in [-0.39, 0.29) is 0 Å². The summed E-state index contributed by atoms with van der Waals surface area (Å²) in [7, 11) is 0. The van der Waals surface area contributed by atoms with E-state index < -0.39 is 0 Å². The van der Waals surface area contributed by atoms with Gasteiger partial charge in [0.15, 0.2) is 0 Å². The van der Waals surface area contributed by atoms with Gasteiger partial charge in [0.05, 0.1) is 5.52 Å². The lowest BCUT2D eigenvalue weighted by atomic mass is 10.1. The molecule has 0 amide bonds. The Morgan fingerprint density at radius 1 is 1.24 bits per heavy atom. The molecule has 1 aromatic carbocycles. The van der Waals surface area contributed by atoms with Crippen LogP contribution < -0.4 is 5.32 Å². The molecule has 112 valence electrons. The molecule has 4 heteroatoms. The average molecular weight is 304 g/mol. The summed E-state index contributed by atoms with van der Waals surface area (Å²) in [6.07, 6.45) is 5.89. The predicted octanol–water partition coefficient (Wildman–Crippen LogP) is 4.17. The van der Waals surface area contributed by atoms with Gasteiger partial charge in [0.2, 0.25) is 0 Å². The molecule has 1 unspecified atom stereocenters.